The Morgan fingerprint density at radius 1 is 1.19 bits per heavy atom. The van der Waals surface area contributed by atoms with Crippen LogP contribution in [-0.2, 0) is 0 Å². The van der Waals surface area contributed by atoms with Gasteiger partial charge in [0.15, 0.2) is 11.9 Å². The number of anilines is 1. The van der Waals surface area contributed by atoms with Crippen LogP contribution in [0.1, 0.15) is 11.8 Å². The summed E-state index contributed by atoms with van der Waals surface area (Å²) in [6.07, 6.45) is 3.21. The van der Waals surface area contributed by atoms with E-state index in [-0.39, 0.29) is 0 Å². The number of nitrogens with one attached hydrogen (secondary N) is 1. The smallest absolute Gasteiger partial charge is 0.247 e. The van der Waals surface area contributed by atoms with Crippen LogP contribution >= 0.6 is 11.8 Å². The van der Waals surface area contributed by atoms with Crippen molar-refractivity contribution in [2.45, 2.75) is 11.4 Å². The van der Waals surface area contributed by atoms with Crippen molar-refractivity contribution in [3.63, 3.8) is 0 Å². The van der Waals surface area contributed by atoms with Crippen LogP contribution in [0.4, 0.5) is 5.69 Å². The molecular formula is C20H18N4O2S. The van der Waals surface area contributed by atoms with E-state index >= 15 is 0 Å². The topological polar surface area (TPSA) is 69.2 Å². The number of benzene rings is 2. The van der Waals surface area contributed by atoms with E-state index in [4.69, 9.17) is 9.47 Å². The number of ether oxygens (including phenoxy) is 2. The van der Waals surface area contributed by atoms with Gasteiger partial charge in [-0.3, -0.25) is 0 Å². The fraction of sp³-hybridized carbons (Fsp3) is 0.150. The van der Waals surface area contributed by atoms with Crippen molar-refractivity contribution in [3.05, 3.63) is 66.7 Å². The Balaban J connectivity index is 1.72. The van der Waals surface area contributed by atoms with Crippen molar-refractivity contribution in [1.29, 1.82) is 0 Å². The molecule has 1 N–H and O–H groups in total. The predicted octanol–water partition coefficient (Wildman–Crippen LogP) is 4.33. The highest BCUT2D eigenvalue weighted by Crippen LogP contribution is 2.39. The Kier molecular flexibility index (Phi) is 4.93. The van der Waals surface area contributed by atoms with Gasteiger partial charge in [0.05, 0.1) is 0 Å². The molecule has 136 valence electrons. The van der Waals surface area contributed by atoms with Crippen LogP contribution in [-0.4, -0.2) is 28.0 Å². The summed E-state index contributed by atoms with van der Waals surface area (Å²) in [7, 11) is 0. The Bertz CT molecular complexity index is 962. The monoisotopic (exact) mass is 378 g/mol. The third-order valence-corrected chi connectivity index (χ3v) is 4.60. The summed E-state index contributed by atoms with van der Waals surface area (Å²) in [5, 5.41) is 12.5. The lowest BCUT2D eigenvalue weighted by Crippen LogP contribution is -2.17. The minimum absolute atomic E-state index is 0.410. The zero-order valence-electron chi connectivity index (χ0n) is 14.8. The van der Waals surface area contributed by atoms with E-state index in [1.54, 1.807) is 6.08 Å². The maximum atomic E-state index is 6.19. The Morgan fingerprint density at radius 2 is 2.00 bits per heavy atom. The van der Waals surface area contributed by atoms with Gasteiger partial charge in [0.25, 0.3) is 0 Å². The lowest BCUT2D eigenvalue weighted by molar-refractivity contribution is 0.225. The van der Waals surface area contributed by atoms with Crippen molar-refractivity contribution in [1.82, 2.24) is 15.2 Å². The third-order valence-electron chi connectivity index (χ3n) is 4.07. The SMILES string of the molecule is C=CCOc1ccc([C@@H]2Nc3ccccc3-c3nnc(SC)nc3O2)cc1. The van der Waals surface area contributed by atoms with Gasteiger partial charge in [0, 0.05) is 16.8 Å². The van der Waals surface area contributed by atoms with Crippen LogP contribution < -0.4 is 14.8 Å². The van der Waals surface area contributed by atoms with Crippen molar-refractivity contribution in [2.24, 2.45) is 0 Å². The number of para-hydroxylation sites is 1. The summed E-state index contributed by atoms with van der Waals surface area (Å²) in [6.45, 7) is 4.13. The molecule has 0 spiro atoms. The predicted molar refractivity (Wildman–Crippen MR) is 106 cm³/mol. The summed E-state index contributed by atoms with van der Waals surface area (Å²) in [5.74, 6) is 1.24. The van der Waals surface area contributed by atoms with Crippen molar-refractivity contribution < 1.29 is 9.47 Å². The quantitative estimate of drug-likeness (QED) is 0.523. The highest BCUT2D eigenvalue weighted by molar-refractivity contribution is 7.98. The zero-order valence-corrected chi connectivity index (χ0v) is 15.6. The van der Waals surface area contributed by atoms with Crippen LogP contribution in [0.2, 0.25) is 0 Å². The number of nitrogens with zero attached hydrogens (tertiary/aromatic N) is 3. The summed E-state index contributed by atoms with van der Waals surface area (Å²) in [5.41, 5.74) is 3.41. The molecule has 0 radical (unpaired) electrons. The van der Waals surface area contributed by atoms with E-state index in [2.05, 4.69) is 27.1 Å². The van der Waals surface area contributed by atoms with Gasteiger partial charge < -0.3 is 14.8 Å². The molecule has 0 saturated heterocycles. The van der Waals surface area contributed by atoms with E-state index in [1.807, 2.05) is 54.8 Å². The molecule has 0 amide bonds. The molecule has 0 fully saturated rings. The molecule has 0 unspecified atom stereocenters. The van der Waals surface area contributed by atoms with E-state index in [1.165, 1.54) is 11.8 Å². The number of rotatable bonds is 5. The first-order chi connectivity index (χ1) is 13.3. The fourth-order valence-corrected chi connectivity index (χ4v) is 3.08. The number of hydrogen-bond acceptors (Lipinski definition) is 7. The lowest BCUT2D eigenvalue weighted by atomic mass is 10.1. The van der Waals surface area contributed by atoms with Gasteiger partial charge >= 0.3 is 0 Å². The largest absolute Gasteiger partial charge is 0.490 e. The standard InChI is InChI=1S/C20H18N4O2S/c1-3-12-25-14-10-8-13(9-11-14)18-21-16-7-5-4-6-15(16)17-19(26-18)22-20(27-2)24-23-17/h3-11,18,21H,1,12H2,2H3/t18-/m1/s1. The summed E-state index contributed by atoms with van der Waals surface area (Å²) >= 11 is 1.43. The average Bonchev–Trinajstić information content (AvgIpc) is 2.89. The Labute approximate surface area is 161 Å². The molecule has 0 saturated carbocycles. The molecule has 1 aliphatic rings. The number of hydrogen-bond donors (Lipinski definition) is 1. The molecule has 0 bridgehead atoms. The summed E-state index contributed by atoms with van der Waals surface area (Å²) < 4.78 is 11.7. The lowest BCUT2D eigenvalue weighted by Gasteiger charge is -2.19. The van der Waals surface area contributed by atoms with Crippen LogP contribution in [0.25, 0.3) is 11.3 Å². The molecule has 27 heavy (non-hydrogen) atoms. The second-order valence-corrected chi connectivity index (χ2v) is 6.58. The van der Waals surface area contributed by atoms with Gasteiger partial charge in [0.1, 0.15) is 12.4 Å². The minimum atomic E-state index is -0.410. The summed E-state index contributed by atoms with van der Waals surface area (Å²) in [4.78, 5) is 4.52. The van der Waals surface area contributed by atoms with Crippen LogP contribution in [0.15, 0.2) is 66.3 Å². The molecule has 7 heteroatoms. The Hall–Kier alpha value is -3.06. The van der Waals surface area contributed by atoms with Gasteiger partial charge in [-0.15, -0.1) is 10.2 Å². The summed E-state index contributed by atoms with van der Waals surface area (Å²) in [6, 6.07) is 15.7. The molecular weight excluding hydrogens is 360 g/mol. The van der Waals surface area contributed by atoms with E-state index < -0.39 is 6.23 Å². The highest BCUT2D eigenvalue weighted by Gasteiger charge is 2.25. The van der Waals surface area contributed by atoms with E-state index in [0.717, 1.165) is 22.6 Å². The van der Waals surface area contributed by atoms with Gasteiger partial charge in [-0.05, 0) is 36.6 Å². The van der Waals surface area contributed by atoms with E-state index in [9.17, 15) is 0 Å². The first-order valence-corrected chi connectivity index (χ1v) is 9.66. The van der Waals surface area contributed by atoms with Crippen LogP contribution in [0.5, 0.6) is 11.6 Å². The van der Waals surface area contributed by atoms with Gasteiger partial charge in [0.2, 0.25) is 11.0 Å². The maximum absolute atomic E-state index is 6.19. The second kappa shape index (κ2) is 7.67. The molecule has 4 rings (SSSR count). The van der Waals surface area contributed by atoms with Crippen LogP contribution in [0, 0.1) is 0 Å². The second-order valence-electron chi connectivity index (χ2n) is 5.81. The molecule has 1 aromatic heterocycles. The normalized spacial score (nSPS) is 14.8. The Morgan fingerprint density at radius 3 is 2.78 bits per heavy atom. The first-order valence-electron chi connectivity index (χ1n) is 8.43. The molecule has 0 aliphatic carbocycles. The molecule has 1 aliphatic heterocycles. The number of fused-ring (bicyclic) bond motifs is 3. The molecule has 2 heterocycles. The highest BCUT2D eigenvalue weighted by atomic mass is 32.2. The van der Waals surface area contributed by atoms with Crippen molar-refractivity contribution in [3.8, 4) is 22.9 Å². The number of thioether (sulfide) groups is 1. The van der Waals surface area contributed by atoms with Gasteiger partial charge in [-0.25, -0.2) is 0 Å². The molecule has 1 atom stereocenters. The van der Waals surface area contributed by atoms with Crippen molar-refractivity contribution in [2.75, 3.05) is 18.2 Å². The van der Waals surface area contributed by atoms with Gasteiger partial charge in [-0.2, -0.15) is 4.98 Å². The fourth-order valence-electron chi connectivity index (χ4n) is 2.78. The van der Waals surface area contributed by atoms with E-state index in [0.29, 0.717) is 23.3 Å². The maximum Gasteiger partial charge on any atom is 0.247 e. The minimum Gasteiger partial charge on any atom is -0.490 e. The third kappa shape index (κ3) is 3.59. The average molecular weight is 378 g/mol. The number of aromatic nitrogens is 3. The van der Waals surface area contributed by atoms with Crippen LogP contribution in [0.3, 0.4) is 0 Å². The first kappa shape index (κ1) is 17.4. The van der Waals surface area contributed by atoms with Crippen molar-refractivity contribution >= 4 is 17.4 Å². The zero-order chi connectivity index (χ0) is 18.6. The molecule has 3 aromatic rings. The molecule has 2 aromatic carbocycles. The van der Waals surface area contributed by atoms with Gasteiger partial charge in [-0.1, -0.05) is 42.6 Å². The molecule has 6 nitrogen and oxygen atoms in total.